The highest BCUT2D eigenvalue weighted by Crippen LogP contribution is 2.35. The van der Waals surface area contributed by atoms with E-state index in [0.29, 0.717) is 12.1 Å². The number of piperidine rings is 1. The van der Waals surface area contributed by atoms with Gasteiger partial charge in [-0.2, -0.15) is 13.2 Å². The fraction of sp³-hybridized carbons (Fsp3) is 0.542. The van der Waals surface area contributed by atoms with Gasteiger partial charge >= 0.3 is 6.18 Å². The van der Waals surface area contributed by atoms with Crippen LogP contribution in [0.25, 0.3) is 0 Å². The summed E-state index contributed by atoms with van der Waals surface area (Å²) < 4.78 is 82.0. The summed E-state index contributed by atoms with van der Waals surface area (Å²) in [4.78, 5) is 41.2. The number of halogens is 6. The number of nitrogens with two attached hydrogens (primary N) is 2. The number of rotatable bonds is 6. The average Bonchev–Trinajstić information content (AvgIpc) is 3.26. The van der Waals surface area contributed by atoms with Gasteiger partial charge in [-0.25, -0.2) is 13.2 Å². The number of alkyl halides is 3. The van der Waals surface area contributed by atoms with Crippen molar-refractivity contribution in [1.29, 1.82) is 0 Å². The predicted molar refractivity (Wildman–Crippen MR) is 124 cm³/mol. The number of nitrogens with one attached hydrogen (secondary N) is 1. The molecule has 3 aliphatic rings. The number of carbonyl (C=O) groups is 3. The molecule has 0 spiro atoms. The quantitative estimate of drug-likeness (QED) is 0.350. The molecule has 0 saturated carbocycles. The van der Waals surface area contributed by atoms with Crippen LogP contribution in [0.2, 0.25) is 0 Å². The maximum Gasteiger partial charge on any atom is 0.427 e. The van der Waals surface area contributed by atoms with Crippen molar-refractivity contribution in [3.05, 3.63) is 46.5 Å². The van der Waals surface area contributed by atoms with Crippen molar-refractivity contribution < 1.29 is 40.7 Å². The molecule has 15 heteroatoms. The van der Waals surface area contributed by atoms with E-state index in [9.17, 15) is 40.7 Å². The Morgan fingerprint density at radius 2 is 1.62 bits per heavy atom. The molecule has 2 atom stereocenters. The van der Waals surface area contributed by atoms with Gasteiger partial charge in [-0.15, -0.1) is 0 Å². The predicted octanol–water partition coefficient (Wildman–Crippen LogP) is 0.935. The third-order valence-electron chi connectivity index (χ3n) is 7.25. The van der Waals surface area contributed by atoms with Crippen molar-refractivity contribution in [1.82, 2.24) is 20.0 Å². The average molecular weight is 563 g/mol. The zero-order chi connectivity index (χ0) is 28.6. The summed E-state index contributed by atoms with van der Waals surface area (Å²) in [5, 5.41) is 2.28. The summed E-state index contributed by atoms with van der Waals surface area (Å²) in [6.45, 7) is -0.330. The topological polar surface area (TPSA) is 125 Å². The molecule has 1 aromatic rings. The number of fused-ring (bicyclic) bond motifs is 1. The Bertz CT molecular complexity index is 1180. The molecule has 2 unspecified atom stereocenters. The summed E-state index contributed by atoms with van der Waals surface area (Å²) in [5.74, 6) is -5.80. The van der Waals surface area contributed by atoms with Crippen LogP contribution in [-0.2, 0) is 20.8 Å². The molecular formula is C24H28F6N6O3. The summed E-state index contributed by atoms with van der Waals surface area (Å²) >= 11 is 0. The minimum Gasteiger partial charge on any atom is -0.369 e. The number of hydrogen-bond acceptors (Lipinski definition) is 6. The lowest BCUT2D eigenvalue weighted by atomic mass is 9.96. The summed E-state index contributed by atoms with van der Waals surface area (Å²) in [6, 6.07) is 0.0508. The standard InChI is InChI=1S/C24H28F6N6O3/c25-15-10-17(27)16(26)8-13(15)7-14(31)9-19(37)35-5-6-36-18(11-35)20(33-23(36)24(28,29)30)22(39)34-3-1-12(2-4-34)21(32)38/h8,10,12,14,23,33H,1-7,9,11,31H2,(H2,32,38). The largest absolute Gasteiger partial charge is 0.427 e. The lowest BCUT2D eigenvalue weighted by Crippen LogP contribution is -2.55. The van der Waals surface area contributed by atoms with Crippen LogP contribution in [0.4, 0.5) is 26.3 Å². The highest BCUT2D eigenvalue weighted by molar-refractivity contribution is 5.94. The van der Waals surface area contributed by atoms with Gasteiger partial charge < -0.3 is 31.5 Å². The first-order valence-electron chi connectivity index (χ1n) is 12.3. The van der Waals surface area contributed by atoms with Gasteiger partial charge in [-0.05, 0) is 30.9 Å². The van der Waals surface area contributed by atoms with Gasteiger partial charge in [-0.3, -0.25) is 14.4 Å². The number of benzene rings is 1. The third kappa shape index (κ3) is 6.07. The van der Waals surface area contributed by atoms with Crippen molar-refractivity contribution in [3.63, 3.8) is 0 Å². The normalized spacial score (nSPS) is 21.1. The van der Waals surface area contributed by atoms with E-state index in [0.717, 1.165) is 4.90 Å². The van der Waals surface area contributed by atoms with Crippen LogP contribution < -0.4 is 16.8 Å². The molecule has 5 N–H and O–H groups in total. The maximum atomic E-state index is 14.0. The van der Waals surface area contributed by atoms with Crippen molar-refractivity contribution >= 4 is 17.7 Å². The second-order valence-corrected chi connectivity index (χ2v) is 9.91. The van der Waals surface area contributed by atoms with Gasteiger partial charge in [0.05, 0.1) is 12.2 Å². The Labute approximate surface area is 219 Å². The van der Waals surface area contributed by atoms with Crippen LogP contribution in [0.3, 0.4) is 0 Å². The summed E-state index contributed by atoms with van der Waals surface area (Å²) in [5.41, 5.74) is 10.8. The Morgan fingerprint density at radius 1 is 0.974 bits per heavy atom. The molecule has 2 saturated heterocycles. The van der Waals surface area contributed by atoms with Crippen molar-refractivity contribution in [3.8, 4) is 0 Å². The molecule has 9 nitrogen and oxygen atoms in total. The second kappa shape index (κ2) is 10.9. The van der Waals surface area contributed by atoms with E-state index >= 15 is 0 Å². The molecule has 39 heavy (non-hydrogen) atoms. The first-order valence-corrected chi connectivity index (χ1v) is 12.3. The molecule has 1 aromatic carbocycles. The number of piperazine rings is 1. The lowest BCUT2D eigenvalue weighted by Gasteiger charge is -2.38. The maximum absolute atomic E-state index is 14.0. The zero-order valence-electron chi connectivity index (χ0n) is 20.7. The van der Waals surface area contributed by atoms with Gasteiger partial charge in [0.2, 0.25) is 11.8 Å². The van der Waals surface area contributed by atoms with Gasteiger partial charge in [0, 0.05) is 50.6 Å². The Hall–Kier alpha value is -3.49. The monoisotopic (exact) mass is 562 g/mol. The number of likely N-dealkylation sites (tertiary alicyclic amines) is 1. The minimum absolute atomic E-state index is 0.000767. The van der Waals surface area contributed by atoms with Crippen LogP contribution in [-0.4, -0.2) is 83.5 Å². The number of carbonyl (C=O) groups excluding carboxylic acids is 3. The van der Waals surface area contributed by atoms with Gasteiger partial charge in [0.25, 0.3) is 5.91 Å². The number of primary amides is 1. The van der Waals surface area contributed by atoms with E-state index in [4.69, 9.17) is 11.5 Å². The highest BCUT2D eigenvalue weighted by atomic mass is 19.4. The first kappa shape index (κ1) is 28.5. The van der Waals surface area contributed by atoms with Crippen molar-refractivity contribution in [2.24, 2.45) is 17.4 Å². The molecule has 4 rings (SSSR count). The Morgan fingerprint density at radius 3 is 2.23 bits per heavy atom. The molecule has 0 bridgehead atoms. The van der Waals surface area contributed by atoms with Gasteiger partial charge in [0.15, 0.2) is 17.8 Å². The first-order chi connectivity index (χ1) is 18.3. The van der Waals surface area contributed by atoms with Gasteiger partial charge in [0.1, 0.15) is 11.5 Å². The molecule has 214 valence electrons. The van der Waals surface area contributed by atoms with Crippen LogP contribution >= 0.6 is 0 Å². The summed E-state index contributed by atoms with van der Waals surface area (Å²) in [6.07, 6.45) is -6.90. The molecule has 2 fully saturated rings. The number of amides is 3. The Balaban J connectivity index is 1.47. The molecule has 0 aliphatic carbocycles. The SMILES string of the molecule is NC(=O)C1CCN(C(=O)C2=C3CN(C(=O)CC(N)Cc4cc(F)c(F)cc4F)CCN3C(C(F)(F)F)N2)CC1. The molecule has 0 aromatic heterocycles. The van der Waals surface area contributed by atoms with Gasteiger partial charge in [-0.1, -0.05) is 0 Å². The van der Waals surface area contributed by atoms with Crippen molar-refractivity contribution in [2.45, 2.75) is 44.1 Å². The van der Waals surface area contributed by atoms with E-state index in [1.165, 1.54) is 9.80 Å². The molecule has 3 aliphatic heterocycles. The minimum atomic E-state index is -4.71. The third-order valence-corrected chi connectivity index (χ3v) is 7.25. The van der Waals surface area contributed by atoms with Crippen LogP contribution in [0.1, 0.15) is 24.8 Å². The number of nitrogens with zero attached hydrogens (tertiary/aromatic N) is 3. The van der Waals surface area contributed by atoms with E-state index < -0.39 is 59.5 Å². The van der Waals surface area contributed by atoms with Crippen LogP contribution in [0.15, 0.2) is 23.5 Å². The molecule has 0 radical (unpaired) electrons. The van der Waals surface area contributed by atoms with Crippen molar-refractivity contribution in [2.75, 3.05) is 32.7 Å². The highest BCUT2D eigenvalue weighted by Gasteiger charge is 2.52. The summed E-state index contributed by atoms with van der Waals surface area (Å²) in [7, 11) is 0. The molecule has 3 amide bonds. The van der Waals surface area contributed by atoms with E-state index in [-0.39, 0.29) is 75.4 Å². The number of hydrogen-bond donors (Lipinski definition) is 3. The second-order valence-electron chi connectivity index (χ2n) is 9.91. The fourth-order valence-corrected chi connectivity index (χ4v) is 5.13. The van der Waals surface area contributed by atoms with Crippen LogP contribution in [0, 0.1) is 23.4 Å². The Kier molecular flexibility index (Phi) is 8.00. The molecule has 3 heterocycles. The lowest BCUT2D eigenvalue weighted by molar-refractivity contribution is -0.183. The smallest absolute Gasteiger partial charge is 0.369 e. The fourth-order valence-electron chi connectivity index (χ4n) is 5.13. The zero-order valence-corrected chi connectivity index (χ0v) is 20.7. The van der Waals surface area contributed by atoms with E-state index in [1.54, 1.807) is 0 Å². The van der Waals surface area contributed by atoms with E-state index in [1.807, 2.05) is 0 Å². The van der Waals surface area contributed by atoms with Crippen LogP contribution in [0.5, 0.6) is 0 Å². The molecular weight excluding hydrogens is 534 g/mol. The van der Waals surface area contributed by atoms with E-state index in [2.05, 4.69) is 5.32 Å².